The average molecular weight is 418 g/mol. The molecule has 2 fully saturated rings. The van der Waals surface area contributed by atoms with Crippen molar-refractivity contribution in [1.82, 2.24) is 19.4 Å². The molecule has 2 aromatic rings. The quantitative estimate of drug-likeness (QED) is 0.707. The van der Waals surface area contributed by atoms with E-state index in [9.17, 15) is 13.2 Å². The van der Waals surface area contributed by atoms with E-state index in [1.54, 1.807) is 35.4 Å². The second-order valence-electron chi connectivity index (χ2n) is 6.88. The van der Waals surface area contributed by atoms with Gasteiger partial charge in [-0.1, -0.05) is 0 Å². The maximum absolute atomic E-state index is 12.8. The predicted octanol–water partition coefficient (Wildman–Crippen LogP) is 0.791. The van der Waals surface area contributed by atoms with Gasteiger partial charge in [0.15, 0.2) is 0 Å². The van der Waals surface area contributed by atoms with Crippen molar-refractivity contribution in [2.24, 2.45) is 0 Å². The van der Waals surface area contributed by atoms with E-state index >= 15 is 0 Å². The van der Waals surface area contributed by atoms with Crippen molar-refractivity contribution < 1.29 is 22.7 Å². The van der Waals surface area contributed by atoms with E-state index in [2.05, 4.69) is 10.2 Å². The number of aromatic nitrogens is 2. The van der Waals surface area contributed by atoms with Crippen molar-refractivity contribution in [3.8, 4) is 5.88 Å². The molecule has 0 spiro atoms. The number of nitrogens with zero attached hydrogens (tertiary/aromatic N) is 4. The fourth-order valence-electron chi connectivity index (χ4n) is 3.42. The lowest BCUT2D eigenvalue weighted by Gasteiger charge is -2.26. The molecule has 9 nitrogen and oxygen atoms in total. The first-order valence-electron chi connectivity index (χ1n) is 9.45. The van der Waals surface area contributed by atoms with Crippen LogP contribution in [-0.2, 0) is 14.8 Å². The third-order valence-corrected chi connectivity index (χ3v) is 6.89. The third-order valence-electron chi connectivity index (χ3n) is 4.98. The molecule has 0 saturated carbocycles. The zero-order valence-electron chi connectivity index (χ0n) is 15.8. The third kappa shape index (κ3) is 4.39. The summed E-state index contributed by atoms with van der Waals surface area (Å²) in [5.74, 6) is 0.287. The fourth-order valence-corrected chi connectivity index (χ4v) is 4.83. The summed E-state index contributed by atoms with van der Waals surface area (Å²) < 4.78 is 37.8. The molecule has 2 aliphatic heterocycles. The van der Waals surface area contributed by atoms with Crippen LogP contribution in [0, 0.1) is 0 Å². The number of amides is 1. The lowest BCUT2D eigenvalue weighted by atomic mass is 10.2. The molecule has 1 aromatic heterocycles. The molecular weight excluding hydrogens is 396 g/mol. The standard InChI is InChI=1S/C19H22N4O5S/c24-19(22-9-7-16(14-22)28-18-2-1-8-20-21-18)15-3-5-17(6-4-15)29(25,26)23-10-12-27-13-11-23/h1-6,8,16H,7,9-14H2. The zero-order valence-corrected chi connectivity index (χ0v) is 16.6. The first-order chi connectivity index (χ1) is 14.0. The molecule has 1 atom stereocenters. The van der Waals surface area contributed by atoms with Crippen molar-refractivity contribution >= 4 is 15.9 Å². The maximum Gasteiger partial charge on any atom is 0.253 e. The topological polar surface area (TPSA) is 102 Å². The summed E-state index contributed by atoms with van der Waals surface area (Å²) in [5, 5.41) is 7.67. The van der Waals surface area contributed by atoms with E-state index in [1.807, 2.05) is 0 Å². The monoisotopic (exact) mass is 418 g/mol. The molecule has 1 unspecified atom stereocenters. The zero-order chi connectivity index (χ0) is 20.3. The van der Waals surface area contributed by atoms with Crippen LogP contribution >= 0.6 is 0 Å². The first-order valence-corrected chi connectivity index (χ1v) is 10.9. The minimum absolute atomic E-state index is 0.142. The van der Waals surface area contributed by atoms with Gasteiger partial charge in [0.1, 0.15) is 6.10 Å². The highest BCUT2D eigenvalue weighted by molar-refractivity contribution is 7.89. The molecular formula is C19H22N4O5S. The van der Waals surface area contributed by atoms with E-state index < -0.39 is 10.0 Å². The summed E-state index contributed by atoms with van der Waals surface area (Å²) in [5.41, 5.74) is 0.450. The molecule has 0 aliphatic carbocycles. The Morgan fingerprint density at radius 3 is 2.55 bits per heavy atom. The van der Waals surface area contributed by atoms with Crippen LogP contribution in [0.1, 0.15) is 16.8 Å². The van der Waals surface area contributed by atoms with Crippen LogP contribution in [-0.4, -0.2) is 79.2 Å². The second-order valence-corrected chi connectivity index (χ2v) is 8.82. The van der Waals surface area contributed by atoms with Gasteiger partial charge in [-0.2, -0.15) is 9.40 Å². The molecule has 0 N–H and O–H groups in total. The van der Waals surface area contributed by atoms with Gasteiger partial charge in [0.2, 0.25) is 15.9 Å². The fraction of sp³-hybridized carbons (Fsp3) is 0.421. The Bertz CT molecular complexity index is 946. The van der Waals surface area contributed by atoms with Crippen LogP contribution in [0.15, 0.2) is 47.5 Å². The number of hydrogen-bond acceptors (Lipinski definition) is 7. The van der Waals surface area contributed by atoms with Gasteiger partial charge in [0.05, 0.1) is 24.7 Å². The summed E-state index contributed by atoms with van der Waals surface area (Å²) in [6.07, 6.45) is 2.13. The lowest BCUT2D eigenvalue weighted by Crippen LogP contribution is -2.40. The number of ether oxygens (including phenoxy) is 2. The Morgan fingerprint density at radius 1 is 1.10 bits per heavy atom. The molecule has 10 heteroatoms. The first kappa shape index (κ1) is 19.7. The molecule has 2 saturated heterocycles. The smallest absolute Gasteiger partial charge is 0.253 e. The average Bonchev–Trinajstić information content (AvgIpc) is 3.23. The molecule has 154 valence electrons. The van der Waals surface area contributed by atoms with Crippen LogP contribution in [0.2, 0.25) is 0 Å². The van der Waals surface area contributed by atoms with Crippen molar-refractivity contribution in [3.63, 3.8) is 0 Å². The Labute approximate surface area is 169 Å². The van der Waals surface area contributed by atoms with Gasteiger partial charge in [-0.15, -0.1) is 5.10 Å². The Kier molecular flexibility index (Phi) is 5.74. The van der Waals surface area contributed by atoms with Crippen LogP contribution in [0.5, 0.6) is 5.88 Å². The molecule has 4 rings (SSSR count). The van der Waals surface area contributed by atoms with Gasteiger partial charge in [0.25, 0.3) is 5.91 Å². The summed E-state index contributed by atoms with van der Waals surface area (Å²) >= 11 is 0. The Morgan fingerprint density at radius 2 is 1.86 bits per heavy atom. The molecule has 0 bridgehead atoms. The molecule has 1 aromatic carbocycles. The Hall–Kier alpha value is -2.56. The molecule has 3 heterocycles. The van der Waals surface area contributed by atoms with E-state index in [1.165, 1.54) is 16.4 Å². The minimum atomic E-state index is -3.57. The van der Waals surface area contributed by atoms with Crippen LogP contribution in [0.3, 0.4) is 0 Å². The van der Waals surface area contributed by atoms with Gasteiger partial charge in [0, 0.05) is 43.9 Å². The van der Waals surface area contributed by atoms with Gasteiger partial charge in [-0.05, 0) is 30.3 Å². The number of morpholine rings is 1. The van der Waals surface area contributed by atoms with Crippen molar-refractivity contribution in [1.29, 1.82) is 0 Å². The number of benzene rings is 1. The minimum Gasteiger partial charge on any atom is -0.471 e. The number of carbonyl (C=O) groups excluding carboxylic acids is 1. The molecule has 2 aliphatic rings. The van der Waals surface area contributed by atoms with Gasteiger partial charge >= 0.3 is 0 Å². The SMILES string of the molecule is O=C(c1ccc(S(=O)(=O)N2CCOCC2)cc1)N1CCC(Oc2cccnn2)C1. The summed E-state index contributed by atoms with van der Waals surface area (Å²) in [6.45, 7) is 2.47. The lowest BCUT2D eigenvalue weighted by molar-refractivity contribution is 0.0730. The van der Waals surface area contributed by atoms with Gasteiger partial charge in [-0.3, -0.25) is 4.79 Å². The van der Waals surface area contributed by atoms with Crippen LogP contribution < -0.4 is 4.74 Å². The summed E-state index contributed by atoms with van der Waals surface area (Å²) in [4.78, 5) is 14.7. The summed E-state index contributed by atoms with van der Waals surface area (Å²) in [7, 11) is -3.57. The van der Waals surface area contributed by atoms with E-state index in [4.69, 9.17) is 9.47 Å². The summed E-state index contributed by atoms with van der Waals surface area (Å²) in [6, 6.07) is 9.57. The van der Waals surface area contributed by atoms with Gasteiger partial charge in [-0.25, -0.2) is 8.42 Å². The van der Waals surface area contributed by atoms with E-state index in [-0.39, 0.29) is 16.9 Å². The van der Waals surface area contributed by atoms with Crippen LogP contribution in [0.4, 0.5) is 0 Å². The number of hydrogen-bond donors (Lipinski definition) is 0. The number of carbonyl (C=O) groups is 1. The predicted molar refractivity (Wildman–Crippen MR) is 103 cm³/mol. The highest BCUT2D eigenvalue weighted by Gasteiger charge is 2.30. The number of likely N-dealkylation sites (tertiary alicyclic amines) is 1. The van der Waals surface area contributed by atoms with Crippen molar-refractivity contribution in [2.45, 2.75) is 17.4 Å². The highest BCUT2D eigenvalue weighted by Crippen LogP contribution is 2.21. The van der Waals surface area contributed by atoms with E-state index in [0.29, 0.717) is 57.3 Å². The van der Waals surface area contributed by atoms with Crippen molar-refractivity contribution in [3.05, 3.63) is 48.2 Å². The number of rotatable bonds is 5. The van der Waals surface area contributed by atoms with Crippen molar-refractivity contribution in [2.75, 3.05) is 39.4 Å². The van der Waals surface area contributed by atoms with Gasteiger partial charge < -0.3 is 14.4 Å². The molecule has 0 radical (unpaired) electrons. The maximum atomic E-state index is 12.8. The van der Waals surface area contributed by atoms with Crippen LogP contribution in [0.25, 0.3) is 0 Å². The second kappa shape index (κ2) is 8.44. The largest absolute Gasteiger partial charge is 0.471 e. The Balaban J connectivity index is 1.39. The van der Waals surface area contributed by atoms with E-state index in [0.717, 1.165) is 0 Å². The molecule has 29 heavy (non-hydrogen) atoms. The highest BCUT2D eigenvalue weighted by atomic mass is 32.2. The normalized spacial score (nSPS) is 20.6. The molecule has 1 amide bonds. The number of sulfonamides is 1.